The molecule has 1 saturated heterocycles. The van der Waals surface area contributed by atoms with Crippen molar-refractivity contribution >= 4 is 29.5 Å². The van der Waals surface area contributed by atoms with Crippen LogP contribution in [0.15, 0.2) is 53.4 Å². The van der Waals surface area contributed by atoms with Gasteiger partial charge in [-0.1, -0.05) is 11.8 Å². The van der Waals surface area contributed by atoms with Crippen molar-refractivity contribution in [3.05, 3.63) is 65.2 Å². The Hall–Kier alpha value is -3.04. The van der Waals surface area contributed by atoms with Crippen molar-refractivity contribution in [3.63, 3.8) is 0 Å². The summed E-state index contributed by atoms with van der Waals surface area (Å²) in [5.41, 5.74) is 1.88. The standard InChI is InChI=1S/C20H15NO4S/c1-26-17-10-6-15(7-11-17)3-2-14-4-8-16(9-5-14)20(24)25-21-18(22)12-13-19(21)23/h4-11H,12-13H2,1H3. The van der Waals surface area contributed by atoms with Gasteiger partial charge in [0.25, 0.3) is 11.8 Å². The molecule has 0 atom stereocenters. The minimum absolute atomic E-state index is 0.0680. The zero-order valence-electron chi connectivity index (χ0n) is 14.0. The van der Waals surface area contributed by atoms with Crippen molar-refractivity contribution in [2.75, 3.05) is 6.26 Å². The number of hydrogen-bond acceptors (Lipinski definition) is 5. The Morgan fingerprint density at radius 2 is 1.42 bits per heavy atom. The van der Waals surface area contributed by atoms with Gasteiger partial charge in [0.2, 0.25) is 0 Å². The highest BCUT2D eigenvalue weighted by Gasteiger charge is 2.33. The molecule has 0 unspecified atom stereocenters. The summed E-state index contributed by atoms with van der Waals surface area (Å²) >= 11 is 1.67. The minimum Gasteiger partial charge on any atom is -0.325 e. The maximum atomic E-state index is 12.0. The summed E-state index contributed by atoms with van der Waals surface area (Å²) in [6, 6.07) is 14.4. The molecule has 2 aromatic carbocycles. The van der Waals surface area contributed by atoms with Crippen LogP contribution in [0.1, 0.15) is 34.3 Å². The van der Waals surface area contributed by atoms with Crippen molar-refractivity contribution in [1.82, 2.24) is 5.06 Å². The molecular weight excluding hydrogens is 350 g/mol. The molecule has 0 bridgehead atoms. The first-order valence-corrected chi connectivity index (χ1v) is 9.13. The maximum Gasteiger partial charge on any atom is 0.363 e. The Bertz CT molecular complexity index is 892. The topological polar surface area (TPSA) is 63.7 Å². The Morgan fingerprint density at radius 3 is 1.92 bits per heavy atom. The summed E-state index contributed by atoms with van der Waals surface area (Å²) < 4.78 is 0. The van der Waals surface area contributed by atoms with Crippen LogP contribution < -0.4 is 0 Å². The van der Waals surface area contributed by atoms with E-state index in [0.717, 1.165) is 11.1 Å². The fourth-order valence-electron chi connectivity index (χ4n) is 2.30. The van der Waals surface area contributed by atoms with Crippen molar-refractivity contribution in [2.45, 2.75) is 17.7 Å². The number of hydrogen-bond donors (Lipinski definition) is 0. The molecule has 2 amide bonds. The molecule has 2 aromatic rings. The molecule has 1 fully saturated rings. The second kappa shape index (κ2) is 7.89. The van der Waals surface area contributed by atoms with E-state index in [2.05, 4.69) is 11.8 Å². The van der Waals surface area contributed by atoms with Gasteiger partial charge in [-0.05, 0) is 54.8 Å². The predicted molar refractivity (Wildman–Crippen MR) is 97.1 cm³/mol. The molecule has 130 valence electrons. The Morgan fingerprint density at radius 1 is 0.923 bits per heavy atom. The summed E-state index contributed by atoms with van der Waals surface area (Å²) in [6.07, 6.45) is 2.15. The number of carbonyl (C=O) groups excluding carboxylic acids is 3. The van der Waals surface area contributed by atoms with E-state index in [9.17, 15) is 14.4 Å². The first kappa shape index (κ1) is 17.8. The van der Waals surface area contributed by atoms with E-state index in [-0.39, 0.29) is 18.4 Å². The third-order valence-corrected chi connectivity index (χ3v) is 4.49. The van der Waals surface area contributed by atoms with Gasteiger partial charge < -0.3 is 4.84 Å². The molecule has 0 aliphatic carbocycles. The van der Waals surface area contributed by atoms with E-state index in [1.165, 1.54) is 4.90 Å². The van der Waals surface area contributed by atoms with Crippen LogP contribution in [0.5, 0.6) is 0 Å². The summed E-state index contributed by atoms with van der Waals surface area (Å²) in [6.45, 7) is 0. The fourth-order valence-corrected chi connectivity index (χ4v) is 2.71. The van der Waals surface area contributed by atoms with Gasteiger partial charge in [-0.2, -0.15) is 0 Å². The molecule has 0 N–H and O–H groups in total. The quantitative estimate of drug-likeness (QED) is 0.475. The van der Waals surface area contributed by atoms with Gasteiger partial charge in [-0.15, -0.1) is 16.8 Å². The number of amides is 2. The van der Waals surface area contributed by atoms with E-state index in [4.69, 9.17) is 4.84 Å². The lowest BCUT2D eigenvalue weighted by Gasteiger charge is -2.12. The van der Waals surface area contributed by atoms with Crippen LogP contribution in [0.25, 0.3) is 0 Å². The molecule has 1 heterocycles. The zero-order valence-corrected chi connectivity index (χ0v) is 14.8. The molecule has 1 aliphatic rings. The van der Waals surface area contributed by atoms with Crippen molar-refractivity contribution in [2.24, 2.45) is 0 Å². The van der Waals surface area contributed by atoms with Gasteiger partial charge in [0, 0.05) is 28.9 Å². The summed E-state index contributed by atoms with van der Waals surface area (Å²) in [5, 5.41) is 0.536. The third kappa shape index (κ3) is 4.13. The van der Waals surface area contributed by atoms with Gasteiger partial charge in [-0.25, -0.2) is 4.79 Å². The third-order valence-electron chi connectivity index (χ3n) is 3.74. The van der Waals surface area contributed by atoms with Gasteiger partial charge >= 0.3 is 5.97 Å². The zero-order chi connectivity index (χ0) is 18.5. The lowest BCUT2D eigenvalue weighted by atomic mass is 10.1. The molecule has 0 radical (unpaired) electrons. The number of imide groups is 1. The molecule has 5 nitrogen and oxygen atoms in total. The van der Waals surface area contributed by atoms with E-state index >= 15 is 0 Å². The first-order chi connectivity index (χ1) is 12.6. The molecular formula is C20H15NO4S. The molecule has 0 aromatic heterocycles. The maximum absolute atomic E-state index is 12.0. The Labute approximate surface area is 155 Å². The first-order valence-electron chi connectivity index (χ1n) is 7.91. The number of rotatable bonds is 3. The minimum atomic E-state index is -0.749. The smallest absolute Gasteiger partial charge is 0.325 e. The molecule has 3 rings (SSSR count). The highest BCUT2D eigenvalue weighted by Crippen LogP contribution is 2.15. The van der Waals surface area contributed by atoms with Gasteiger partial charge in [-0.3, -0.25) is 9.59 Å². The lowest BCUT2D eigenvalue weighted by Crippen LogP contribution is -2.32. The number of carbonyl (C=O) groups is 3. The molecule has 26 heavy (non-hydrogen) atoms. The number of hydroxylamine groups is 2. The van der Waals surface area contributed by atoms with E-state index in [1.807, 2.05) is 30.5 Å². The average molecular weight is 365 g/mol. The average Bonchev–Trinajstić information content (AvgIpc) is 2.99. The van der Waals surface area contributed by atoms with Crippen molar-refractivity contribution < 1.29 is 19.2 Å². The molecule has 0 spiro atoms. The normalized spacial score (nSPS) is 13.3. The van der Waals surface area contributed by atoms with Crippen molar-refractivity contribution in [3.8, 4) is 11.8 Å². The SMILES string of the molecule is CSc1ccc(C#Cc2ccc(C(=O)ON3C(=O)CCC3=O)cc2)cc1. The van der Waals surface area contributed by atoms with E-state index in [0.29, 0.717) is 5.06 Å². The van der Waals surface area contributed by atoms with E-state index < -0.39 is 17.8 Å². The van der Waals surface area contributed by atoms with Crippen LogP contribution in [-0.2, 0) is 14.4 Å². The van der Waals surface area contributed by atoms with Gasteiger partial charge in [0.05, 0.1) is 5.56 Å². The van der Waals surface area contributed by atoms with Gasteiger partial charge in [0.15, 0.2) is 0 Å². The van der Waals surface area contributed by atoms with Crippen LogP contribution in [-0.4, -0.2) is 29.1 Å². The molecule has 6 heteroatoms. The second-order valence-electron chi connectivity index (χ2n) is 5.52. The predicted octanol–water partition coefficient (Wildman–Crippen LogP) is 3.03. The van der Waals surface area contributed by atoms with Crippen LogP contribution >= 0.6 is 11.8 Å². The number of nitrogens with zero attached hydrogens (tertiary/aromatic N) is 1. The summed E-state index contributed by atoms with van der Waals surface area (Å²) in [4.78, 5) is 41.0. The van der Waals surface area contributed by atoms with E-state index in [1.54, 1.807) is 36.0 Å². The van der Waals surface area contributed by atoms with Crippen LogP contribution in [0.2, 0.25) is 0 Å². The highest BCUT2D eigenvalue weighted by atomic mass is 32.2. The van der Waals surface area contributed by atoms with Crippen LogP contribution in [0.4, 0.5) is 0 Å². The largest absolute Gasteiger partial charge is 0.363 e. The highest BCUT2D eigenvalue weighted by molar-refractivity contribution is 7.98. The monoisotopic (exact) mass is 365 g/mol. The lowest BCUT2D eigenvalue weighted by molar-refractivity contribution is -0.172. The Kier molecular flexibility index (Phi) is 5.40. The fraction of sp³-hybridized carbons (Fsp3) is 0.150. The number of benzene rings is 2. The second-order valence-corrected chi connectivity index (χ2v) is 6.40. The molecule has 1 aliphatic heterocycles. The summed E-state index contributed by atoms with van der Waals surface area (Å²) in [5.74, 6) is 4.33. The van der Waals surface area contributed by atoms with Crippen LogP contribution in [0, 0.1) is 11.8 Å². The van der Waals surface area contributed by atoms with Crippen molar-refractivity contribution in [1.29, 1.82) is 0 Å². The Balaban J connectivity index is 1.66. The summed E-state index contributed by atoms with van der Waals surface area (Å²) in [7, 11) is 0. The van der Waals surface area contributed by atoms with Crippen LogP contribution in [0.3, 0.4) is 0 Å². The molecule has 0 saturated carbocycles. The number of thioether (sulfide) groups is 1. The van der Waals surface area contributed by atoms with Gasteiger partial charge in [0.1, 0.15) is 0 Å².